The largest absolute Gasteiger partial charge is 0.469 e. The van der Waals surface area contributed by atoms with Crippen LogP contribution < -0.4 is 0 Å². The van der Waals surface area contributed by atoms with Gasteiger partial charge in [-0.2, -0.15) is 0 Å². The van der Waals surface area contributed by atoms with Crippen LogP contribution in [0.25, 0.3) is 0 Å². The van der Waals surface area contributed by atoms with Crippen molar-refractivity contribution in [2.24, 2.45) is 5.41 Å². The van der Waals surface area contributed by atoms with Crippen LogP contribution in [0.3, 0.4) is 0 Å². The Kier molecular flexibility index (Phi) is 2.63. The number of furan rings is 1. The fraction of sp³-hybridized carbons (Fsp3) is 0.692. The van der Waals surface area contributed by atoms with Crippen molar-refractivity contribution in [3.05, 3.63) is 24.2 Å². The molecule has 0 aliphatic heterocycles. The van der Waals surface area contributed by atoms with E-state index in [1.165, 1.54) is 6.42 Å². The number of hydrogen-bond acceptors (Lipinski definition) is 2. The molecule has 0 radical (unpaired) electrons. The minimum absolute atomic E-state index is 0.00194. The fourth-order valence-corrected chi connectivity index (χ4v) is 2.58. The monoisotopic (exact) mass is 208 g/mol. The highest BCUT2D eigenvalue weighted by Gasteiger charge is 2.45. The molecule has 0 aromatic carbocycles. The quantitative estimate of drug-likeness (QED) is 0.810. The van der Waals surface area contributed by atoms with Gasteiger partial charge in [0.25, 0.3) is 0 Å². The Bertz CT molecular complexity index is 313. The standard InChI is InChI=1S/C13H20O2/c1-12(2)7-3-4-8-13(12,14)10-11-6-5-9-15-11/h5-6,9,14H,3-4,7-8,10H2,1-2H3. The van der Waals surface area contributed by atoms with Gasteiger partial charge in [0.1, 0.15) is 5.76 Å². The van der Waals surface area contributed by atoms with E-state index in [0.717, 1.165) is 25.0 Å². The molecule has 1 unspecified atom stereocenters. The molecule has 0 saturated heterocycles. The van der Waals surface area contributed by atoms with Gasteiger partial charge in [0.15, 0.2) is 0 Å². The number of hydrogen-bond donors (Lipinski definition) is 1. The van der Waals surface area contributed by atoms with E-state index in [1.54, 1.807) is 6.26 Å². The van der Waals surface area contributed by atoms with Crippen LogP contribution in [0.1, 0.15) is 45.3 Å². The lowest BCUT2D eigenvalue weighted by Gasteiger charge is -2.46. The highest BCUT2D eigenvalue weighted by atomic mass is 16.3. The van der Waals surface area contributed by atoms with Crippen LogP contribution in [0, 0.1) is 5.41 Å². The topological polar surface area (TPSA) is 33.4 Å². The maximum atomic E-state index is 10.7. The molecule has 0 bridgehead atoms. The zero-order valence-electron chi connectivity index (χ0n) is 9.62. The first kappa shape index (κ1) is 10.7. The molecule has 15 heavy (non-hydrogen) atoms. The first-order chi connectivity index (χ1) is 7.04. The van der Waals surface area contributed by atoms with E-state index in [-0.39, 0.29) is 5.41 Å². The van der Waals surface area contributed by atoms with Crippen LogP contribution in [0.4, 0.5) is 0 Å². The summed E-state index contributed by atoms with van der Waals surface area (Å²) in [4.78, 5) is 0. The lowest BCUT2D eigenvalue weighted by atomic mass is 9.64. The SMILES string of the molecule is CC1(C)CCCCC1(O)Cc1ccco1. The molecule has 1 aliphatic rings. The average Bonchev–Trinajstić information content (AvgIpc) is 2.63. The van der Waals surface area contributed by atoms with E-state index in [0.29, 0.717) is 6.42 Å². The summed E-state index contributed by atoms with van der Waals surface area (Å²) in [5.74, 6) is 0.896. The summed E-state index contributed by atoms with van der Waals surface area (Å²) in [7, 11) is 0. The summed E-state index contributed by atoms with van der Waals surface area (Å²) in [5, 5.41) is 10.7. The van der Waals surface area contributed by atoms with Gasteiger partial charge in [0.05, 0.1) is 11.9 Å². The van der Waals surface area contributed by atoms with E-state index in [9.17, 15) is 5.11 Å². The van der Waals surface area contributed by atoms with Crippen LogP contribution in [-0.2, 0) is 6.42 Å². The molecule has 1 aliphatic carbocycles. The Morgan fingerprint density at radius 2 is 2.07 bits per heavy atom. The predicted octanol–water partition coefficient (Wildman–Crippen LogP) is 3.15. The Hall–Kier alpha value is -0.760. The van der Waals surface area contributed by atoms with Gasteiger partial charge in [0.2, 0.25) is 0 Å². The summed E-state index contributed by atoms with van der Waals surface area (Å²) < 4.78 is 5.33. The van der Waals surface area contributed by atoms with Crippen molar-refractivity contribution in [3.63, 3.8) is 0 Å². The third-order valence-electron chi connectivity index (χ3n) is 3.95. The van der Waals surface area contributed by atoms with Gasteiger partial charge < -0.3 is 9.52 Å². The van der Waals surface area contributed by atoms with Crippen molar-refractivity contribution in [3.8, 4) is 0 Å². The molecule has 2 heteroatoms. The highest BCUT2D eigenvalue weighted by Crippen LogP contribution is 2.45. The number of rotatable bonds is 2. The van der Waals surface area contributed by atoms with E-state index in [1.807, 2.05) is 12.1 Å². The molecule has 1 atom stereocenters. The van der Waals surface area contributed by atoms with Gasteiger partial charge in [-0.1, -0.05) is 26.7 Å². The second kappa shape index (κ2) is 3.67. The van der Waals surface area contributed by atoms with Gasteiger partial charge in [-0.25, -0.2) is 0 Å². The molecule has 1 heterocycles. The Morgan fingerprint density at radius 1 is 1.33 bits per heavy atom. The first-order valence-corrected chi connectivity index (χ1v) is 5.78. The third-order valence-corrected chi connectivity index (χ3v) is 3.95. The second-order valence-electron chi connectivity index (χ2n) is 5.38. The minimum atomic E-state index is -0.594. The van der Waals surface area contributed by atoms with Crippen molar-refractivity contribution in [2.45, 2.75) is 51.6 Å². The molecule has 2 nitrogen and oxygen atoms in total. The Balaban J connectivity index is 2.17. The second-order valence-corrected chi connectivity index (χ2v) is 5.38. The maximum Gasteiger partial charge on any atom is 0.106 e. The molecule has 0 amide bonds. The summed E-state index contributed by atoms with van der Waals surface area (Å²) in [6.45, 7) is 4.32. The molecule has 2 rings (SSSR count). The van der Waals surface area contributed by atoms with Crippen molar-refractivity contribution in [1.82, 2.24) is 0 Å². The molecule has 1 N–H and O–H groups in total. The first-order valence-electron chi connectivity index (χ1n) is 5.78. The van der Waals surface area contributed by atoms with Gasteiger partial charge in [0, 0.05) is 6.42 Å². The molecule has 1 aromatic heterocycles. The normalized spacial score (nSPS) is 30.3. The molecule has 0 spiro atoms. The van der Waals surface area contributed by atoms with Crippen molar-refractivity contribution in [2.75, 3.05) is 0 Å². The summed E-state index contributed by atoms with van der Waals surface area (Å²) in [6.07, 6.45) is 6.67. The van der Waals surface area contributed by atoms with E-state index >= 15 is 0 Å². The van der Waals surface area contributed by atoms with Crippen molar-refractivity contribution < 1.29 is 9.52 Å². The van der Waals surface area contributed by atoms with Gasteiger partial charge in [-0.05, 0) is 30.4 Å². The van der Waals surface area contributed by atoms with Gasteiger partial charge in [-0.15, -0.1) is 0 Å². The molecule has 1 fully saturated rings. The predicted molar refractivity (Wildman–Crippen MR) is 59.6 cm³/mol. The fourth-order valence-electron chi connectivity index (χ4n) is 2.58. The van der Waals surface area contributed by atoms with Crippen LogP contribution in [0.2, 0.25) is 0 Å². The van der Waals surface area contributed by atoms with Crippen LogP contribution >= 0.6 is 0 Å². The third kappa shape index (κ3) is 1.96. The maximum absolute atomic E-state index is 10.7. The van der Waals surface area contributed by atoms with E-state index in [2.05, 4.69) is 13.8 Å². The smallest absolute Gasteiger partial charge is 0.106 e. The summed E-state index contributed by atoms with van der Waals surface area (Å²) >= 11 is 0. The zero-order chi connectivity index (χ0) is 10.9. The summed E-state index contributed by atoms with van der Waals surface area (Å²) in [5.41, 5.74) is -0.596. The minimum Gasteiger partial charge on any atom is -0.469 e. The molecular weight excluding hydrogens is 188 g/mol. The van der Waals surface area contributed by atoms with Crippen LogP contribution in [0.5, 0.6) is 0 Å². The van der Waals surface area contributed by atoms with Crippen molar-refractivity contribution in [1.29, 1.82) is 0 Å². The lowest BCUT2D eigenvalue weighted by Crippen LogP contribution is -2.48. The van der Waals surface area contributed by atoms with Gasteiger partial charge in [-0.3, -0.25) is 0 Å². The number of aliphatic hydroxyl groups is 1. The molecular formula is C13H20O2. The van der Waals surface area contributed by atoms with Gasteiger partial charge >= 0.3 is 0 Å². The lowest BCUT2D eigenvalue weighted by molar-refractivity contribution is -0.0985. The highest BCUT2D eigenvalue weighted by molar-refractivity contribution is 5.07. The van der Waals surface area contributed by atoms with E-state index in [4.69, 9.17) is 4.42 Å². The molecule has 1 aromatic rings. The Morgan fingerprint density at radius 3 is 2.67 bits per heavy atom. The summed E-state index contributed by atoms with van der Waals surface area (Å²) in [6, 6.07) is 3.83. The van der Waals surface area contributed by atoms with Crippen LogP contribution in [-0.4, -0.2) is 10.7 Å². The Labute approximate surface area is 91.3 Å². The average molecular weight is 208 g/mol. The molecule has 84 valence electrons. The zero-order valence-corrected chi connectivity index (χ0v) is 9.62. The molecule has 1 saturated carbocycles. The van der Waals surface area contributed by atoms with Crippen LogP contribution in [0.15, 0.2) is 22.8 Å². The van der Waals surface area contributed by atoms with Crippen molar-refractivity contribution >= 4 is 0 Å². The van der Waals surface area contributed by atoms with E-state index < -0.39 is 5.60 Å².